The van der Waals surface area contributed by atoms with Crippen molar-refractivity contribution in [3.63, 3.8) is 0 Å². The second-order valence-corrected chi connectivity index (χ2v) is 15.5. The molecule has 5 N–H and O–H groups in total. The van der Waals surface area contributed by atoms with E-state index in [1.807, 2.05) is 67.6 Å². The first-order valence-corrected chi connectivity index (χ1v) is 20.3. The van der Waals surface area contributed by atoms with Gasteiger partial charge in [-0.25, -0.2) is 0 Å². The number of fused-ring (bicyclic) bond motifs is 6. The first-order chi connectivity index (χ1) is 30.2. The summed E-state index contributed by atoms with van der Waals surface area (Å²) in [5.41, 5.74) is 8.91. The molecule has 0 amide bonds. The molecule has 0 aromatic heterocycles. The Labute approximate surface area is 358 Å². The predicted octanol–water partition coefficient (Wildman–Crippen LogP) is 14.0. The number of phenolic OH excluding ortho intramolecular Hbond substituents is 5. The van der Waals surface area contributed by atoms with Gasteiger partial charge in [0.25, 0.3) is 0 Å². The summed E-state index contributed by atoms with van der Waals surface area (Å²) in [5.74, 6) is -1.72. The van der Waals surface area contributed by atoms with E-state index in [4.69, 9.17) is 6.42 Å². The lowest BCUT2D eigenvalue weighted by Gasteiger charge is -2.22. The second-order valence-electron chi connectivity index (χ2n) is 15.5. The Hall–Kier alpha value is -8.46. The Morgan fingerprint density at radius 2 is 0.903 bits per heavy atom. The van der Waals surface area contributed by atoms with E-state index in [2.05, 4.69) is 121 Å². The maximum Gasteiger partial charge on any atom is 0.208 e. The highest BCUT2D eigenvalue weighted by atomic mass is 16.4. The quantitative estimate of drug-likeness (QED) is 0.0379. The molecule has 0 aliphatic rings. The third-order valence-electron chi connectivity index (χ3n) is 12.1. The van der Waals surface area contributed by atoms with Crippen molar-refractivity contribution in [1.82, 2.24) is 0 Å². The number of phenols is 5. The molecule has 0 bridgehead atoms. The smallest absolute Gasteiger partial charge is 0.208 e. The zero-order chi connectivity index (χ0) is 42.6. The SMILES string of the molecule is C#CC(=Cc1c(C)c(-c2ccc(-c3ccc(-c4cc5c6ccccc6ccc5c5ccccc45)cc3)cc2)c2ccccc2c1-c1c(O)c(O)c(O)c(O)c1O)c1ccccc1. The normalized spacial score (nSPS) is 11.7. The lowest BCUT2D eigenvalue weighted by Crippen LogP contribution is -1.98. The molecule has 5 heteroatoms. The molecule has 0 saturated heterocycles. The first-order valence-electron chi connectivity index (χ1n) is 20.3. The van der Waals surface area contributed by atoms with Crippen LogP contribution in [0.4, 0.5) is 0 Å². The van der Waals surface area contributed by atoms with Crippen LogP contribution in [0.3, 0.4) is 0 Å². The standard InChI is InChI=1S/C57H38O5/c1-3-34(35-13-5-4-6-14-35)31-47-33(2)50(45-19-11-12-20-46(45)51(47)52-53(58)55(60)57(62)56(61)54(52)59)40-27-23-37(24-28-40)36-21-25-39(26-22-36)48-32-49-41-16-8-7-15-38(41)29-30-44(49)42-17-9-10-18-43(42)48/h1,4-32,58-62H,2H3. The minimum atomic E-state index is -1.03. The van der Waals surface area contributed by atoms with Crippen LogP contribution in [0.5, 0.6) is 28.7 Å². The molecule has 10 aromatic rings. The van der Waals surface area contributed by atoms with Gasteiger partial charge < -0.3 is 25.5 Å². The number of hydrogen-bond acceptors (Lipinski definition) is 5. The van der Waals surface area contributed by atoms with Gasteiger partial charge in [-0.2, -0.15) is 0 Å². The average molecular weight is 803 g/mol. The van der Waals surface area contributed by atoms with Gasteiger partial charge in [0.05, 0.1) is 5.56 Å². The van der Waals surface area contributed by atoms with E-state index < -0.39 is 28.7 Å². The van der Waals surface area contributed by atoms with Gasteiger partial charge in [0.15, 0.2) is 11.5 Å². The van der Waals surface area contributed by atoms with Gasteiger partial charge in [-0.15, -0.1) is 6.42 Å². The molecule has 0 heterocycles. The van der Waals surface area contributed by atoms with Crippen molar-refractivity contribution in [3.8, 4) is 85.6 Å². The third-order valence-corrected chi connectivity index (χ3v) is 12.1. The maximum absolute atomic E-state index is 11.3. The van der Waals surface area contributed by atoms with Crippen LogP contribution in [-0.2, 0) is 0 Å². The summed E-state index contributed by atoms with van der Waals surface area (Å²) in [4.78, 5) is 0. The topological polar surface area (TPSA) is 101 Å². The molecule has 0 saturated carbocycles. The second kappa shape index (κ2) is 15.0. The Morgan fingerprint density at radius 3 is 1.53 bits per heavy atom. The van der Waals surface area contributed by atoms with Crippen LogP contribution in [0, 0.1) is 19.3 Å². The average Bonchev–Trinajstić information content (AvgIpc) is 3.32. The molecule has 10 aromatic carbocycles. The largest absolute Gasteiger partial charge is 0.504 e. The van der Waals surface area contributed by atoms with Crippen molar-refractivity contribution >= 4 is 54.7 Å². The number of terminal acetylenes is 1. The minimum Gasteiger partial charge on any atom is -0.504 e. The number of hydrogen-bond donors (Lipinski definition) is 5. The highest BCUT2D eigenvalue weighted by molar-refractivity contribution is 6.21. The predicted molar refractivity (Wildman–Crippen MR) is 254 cm³/mol. The van der Waals surface area contributed by atoms with Crippen LogP contribution < -0.4 is 0 Å². The van der Waals surface area contributed by atoms with Crippen molar-refractivity contribution in [1.29, 1.82) is 0 Å². The maximum atomic E-state index is 11.3. The van der Waals surface area contributed by atoms with Crippen molar-refractivity contribution in [3.05, 3.63) is 187 Å². The fraction of sp³-hybridized carbons (Fsp3) is 0.0175. The fourth-order valence-electron chi connectivity index (χ4n) is 9.07. The highest BCUT2D eigenvalue weighted by Gasteiger charge is 2.29. The molecule has 0 aliphatic carbocycles. The van der Waals surface area contributed by atoms with Gasteiger partial charge in [0, 0.05) is 11.1 Å². The number of aromatic hydroxyl groups is 5. The van der Waals surface area contributed by atoms with E-state index in [9.17, 15) is 25.5 Å². The molecule has 296 valence electrons. The van der Waals surface area contributed by atoms with Gasteiger partial charge in [-0.05, 0) is 112 Å². The summed E-state index contributed by atoms with van der Waals surface area (Å²) >= 11 is 0. The summed E-state index contributed by atoms with van der Waals surface area (Å²) in [5, 5.41) is 63.1. The molecule has 62 heavy (non-hydrogen) atoms. The Kier molecular flexibility index (Phi) is 9.13. The summed E-state index contributed by atoms with van der Waals surface area (Å²) < 4.78 is 0. The van der Waals surface area contributed by atoms with E-state index >= 15 is 0 Å². The third kappa shape index (κ3) is 6.05. The monoisotopic (exact) mass is 802 g/mol. The molecule has 0 aliphatic heterocycles. The molecule has 0 atom stereocenters. The zero-order valence-corrected chi connectivity index (χ0v) is 33.6. The van der Waals surface area contributed by atoms with Crippen LogP contribution in [0.25, 0.3) is 99.2 Å². The summed E-state index contributed by atoms with van der Waals surface area (Å²) in [6, 6.07) is 58.0. The van der Waals surface area contributed by atoms with E-state index in [0.29, 0.717) is 22.1 Å². The van der Waals surface area contributed by atoms with Crippen LogP contribution >= 0.6 is 0 Å². The Bertz CT molecular complexity index is 3470. The van der Waals surface area contributed by atoms with Gasteiger partial charge in [-0.1, -0.05) is 170 Å². The van der Waals surface area contributed by atoms with Crippen molar-refractivity contribution in [2.45, 2.75) is 6.92 Å². The molecule has 10 rings (SSSR count). The molecule has 0 unspecified atom stereocenters. The van der Waals surface area contributed by atoms with E-state index in [1.54, 1.807) is 0 Å². The number of allylic oxidation sites excluding steroid dienone is 1. The zero-order valence-electron chi connectivity index (χ0n) is 33.6. The van der Waals surface area contributed by atoms with Crippen molar-refractivity contribution in [2.75, 3.05) is 0 Å². The summed E-state index contributed by atoms with van der Waals surface area (Å²) in [7, 11) is 0. The molecule has 0 fully saturated rings. The van der Waals surface area contributed by atoms with Crippen molar-refractivity contribution < 1.29 is 25.5 Å². The fourth-order valence-corrected chi connectivity index (χ4v) is 9.07. The van der Waals surface area contributed by atoms with Gasteiger partial charge in [0.1, 0.15) is 0 Å². The molecule has 5 nitrogen and oxygen atoms in total. The first kappa shape index (κ1) is 37.8. The number of benzene rings is 10. The molecular weight excluding hydrogens is 765 g/mol. The van der Waals surface area contributed by atoms with Gasteiger partial charge in [0.2, 0.25) is 17.2 Å². The van der Waals surface area contributed by atoms with Crippen LogP contribution in [0.2, 0.25) is 0 Å². The lowest BCUT2D eigenvalue weighted by atomic mass is 9.82. The van der Waals surface area contributed by atoms with Crippen LogP contribution in [0.1, 0.15) is 16.7 Å². The molecular formula is C57H38O5. The number of rotatable bonds is 6. The molecule has 0 radical (unpaired) electrons. The van der Waals surface area contributed by atoms with Crippen molar-refractivity contribution in [2.24, 2.45) is 0 Å². The summed E-state index contributed by atoms with van der Waals surface area (Å²) in [6.45, 7) is 1.94. The highest BCUT2D eigenvalue weighted by Crippen LogP contribution is 2.57. The lowest BCUT2D eigenvalue weighted by molar-refractivity contribution is 0.330. The van der Waals surface area contributed by atoms with Crippen LogP contribution in [0.15, 0.2) is 170 Å². The van der Waals surface area contributed by atoms with E-state index in [1.165, 1.54) is 37.9 Å². The Morgan fingerprint density at radius 1 is 0.419 bits per heavy atom. The molecule has 0 spiro atoms. The van der Waals surface area contributed by atoms with Crippen LogP contribution in [-0.4, -0.2) is 25.5 Å². The van der Waals surface area contributed by atoms with E-state index in [0.717, 1.165) is 44.3 Å². The summed E-state index contributed by atoms with van der Waals surface area (Å²) in [6.07, 6.45) is 7.94. The Balaban J connectivity index is 1.11. The van der Waals surface area contributed by atoms with Gasteiger partial charge >= 0.3 is 0 Å². The minimum absolute atomic E-state index is 0.247. The van der Waals surface area contributed by atoms with E-state index in [-0.39, 0.29) is 5.56 Å². The van der Waals surface area contributed by atoms with Gasteiger partial charge in [-0.3, -0.25) is 0 Å².